The number of nitrogens with one attached hydrogen (secondary N) is 2. The van der Waals surface area contributed by atoms with Gasteiger partial charge >= 0.3 is 0 Å². The number of rotatable bonds is 7. The molecule has 6 heteroatoms. The van der Waals surface area contributed by atoms with Gasteiger partial charge in [0.15, 0.2) is 5.96 Å². The summed E-state index contributed by atoms with van der Waals surface area (Å²) in [7, 11) is 1.84. The van der Waals surface area contributed by atoms with Crippen LogP contribution in [0.25, 0.3) is 0 Å². The summed E-state index contributed by atoms with van der Waals surface area (Å²) >= 11 is 5.79. The number of hydrogen-bond acceptors (Lipinski definition) is 2. The predicted octanol–water partition coefficient (Wildman–Crippen LogP) is 3.50. The van der Waals surface area contributed by atoms with Crippen molar-refractivity contribution in [2.24, 2.45) is 22.7 Å². The van der Waals surface area contributed by atoms with Gasteiger partial charge in [-0.3, -0.25) is 4.99 Å². The summed E-state index contributed by atoms with van der Waals surface area (Å²) in [5.74, 6) is 3.71. The van der Waals surface area contributed by atoms with Crippen LogP contribution in [0, 0.1) is 17.8 Å². The molecule has 4 nitrogen and oxygen atoms in total. The molecule has 1 heterocycles. The second-order valence-corrected chi connectivity index (χ2v) is 6.85. The van der Waals surface area contributed by atoms with E-state index in [2.05, 4.69) is 20.6 Å². The molecule has 0 aromatic carbocycles. The van der Waals surface area contributed by atoms with Crippen LogP contribution in [-0.2, 0) is 6.42 Å². The quantitative estimate of drug-likeness (QED) is 0.290. The van der Waals surface area contributed by atoms with Crippen LogP contribution >= 0.6 is 35.6 Å². The summed E-state index contributed by atoms with van der Waals surface area (Å²) in [6.07, 6.45) is 8.46. The van der Waals surface area contributed by atoms with Gasteiger partial charge in [-0.05, 0) is 61.5 Å². The molecule has 2 fully saturated rings. The van der Waals surface area contributed by atoms with Crippen molar-refractivity contribution in [2.45, 2.75) is 32.1 Å². The molecule has 0 bridgehead atoms. The second-order valence-electron chi connectivity index (χ2n) is 6.46. The van der Waals surface area contributed by atoms with Crippen LogP contribution in [-0.4, -0.2) is 31.1 Å². The molecular weight excluding hydrogens is 423 g/mol. The van der Waals surface area contributed by atoms with Crippen LogP contribution in [0.1, 0.15) is 31.2 Å². The van der Waals surface area contributed by atoms with Gasteiger partial charge in [0.05, 0.1) is 0 Å². The Labute approximate surface area is 160 Å². The first-order chi connectivity index (χ1) is 10.8. The lowest BCUT2D eigenvalue weighted by atomic mass is 9.98. The highest BCUT2D eigenvalue weighted by molar-refractivity contribution is 14.0. The molecule has 0 unspecified atom stereocenters. The summed E-state index contributed by atoms with van der Waals surface area (Å²) in [6.45, 7) is 1.91. The third-order valence-corrected chi connectivity index (χ3v) is 4.90. The standard InChI is InChI=1S/C17H25ClN4.HI/c1-19-17(20-9-8-12-2-7-16(18)21-10-12)22-11-15(13-3-4-13)14-5-6-14;/h2,7,10,13-15H,3-6,8-9,11H2,1H3,(H2,19,20,22);1H. The van der Waals surface area contributed by atoms with E-state index in [0.717, 1.165) is 43.2 Å². The van der Waals surface area contributed by atoms with Gasteiger partial charge in [0.25, 0.3) is 0 Å². The van der Waals surface area contributed by atoms with E-state index in [1.54, 1.807) is 0 Å². The number of aromatic nitrogens is 1. The average Bonchev–Trinajstić information content (AvgIpc) is 3.41. The van der Waals surface area contributed by atoms with Gasteiger partial charge in [0.1, 0.15) is 5.15 Å². The lowest BCUT2D eigenvalue weighted by Gasteiger charge is -2.18. The smallest absolute Gasteiger partial charge is 0.190 e. The van der Waals surface area contributed by atoms with Crippen LogP contribution in [0.3, 0.4) is 0 Å². The van der Waals surface area contributed by atoms with Gasteiger partial charge in [-0.15, -0.1) is 24.0 Å². The summed E-state index contributed by atoms with van der Waals surface area (Å²) in [4.78, 5) is 8.42. The Bertz CT molecular complexity index is 500. The average molecular weight is 449 g/mol. The molecule has 3 rings (SSSR count). The Balaban J connectivity index is 0.00000192. The minimum absolute atomic E-state index is 0. The van der Waals surface area contributed by atoms with E-state index in [1.165, 1.54) is 31.2 Å². The first-order valence-electron chi connectivity index (χ1n) is 8.31. The third-order valence-electron chi connectivity index (χ3n) is 4.68. The number of nitrogens with zero attached hydrogens (tertiary/aromatic N) is 2. The summed E-state index contributed by atoms with van der Waals surface area (Å²) in [6, 6.07) is 3.85. The maximum atomic E-state index is 5.79. The molecule has 0 aliphatic heterocycles. The molecule has 0 radical (unpaired) electrons. The highest BCUT2D eigenvalue weighted by Crippen LogP contribution is 2.48. The fourth-order valence-electron chi connectivity index (χ4n) is 3.08. The first-order valence-corrected chi connectivity index (χ1v) is 8.69. The lowest BCUT2D eigenvalue weighted by molar-refractivity contribution is 0.400. The number of hydrogen-bond donors (Lipinski definition) is 2. The number of halogens is 2. The predicted molar refractivity (Wildman–Crippen MR) is 107 cm³/mol. The number of pyridine rings is 1. The van der Waals surface area contributed by atoms with Gasteiger partial charge in [-0.25, -0.2) is 4.98 Å². The van der Waals surface area contributed by atoms with E-state index in [4.69, 9.17) is 11.6 Å². The van der Waals surface area contributed by atoms with Crippen LogP contribution in [0.5, 0.6) is 0 Å². The highest BCUT2D eigenvalue weighted by atomic mass is 127. The van der Waals surface area contributed by atoms with Crippen molar-refractivity contribution in [1.82, 2.24) is 15.6 Å². The molecule has 0 spiro atoms. The number of aliphatic imine (C=N–C) groups is 1. The van der Waals surface area contributed by atoms with E-state index in [-0.39, 0.29) is 24.0 Å². The van der Waals surface area contributed by atoms with E-state index in [9.17, 15) is 0 Å². The molecule has 0 amide bonds. The summed E-state index contributed by atoms with van der Waals surface area (Å²) in [5, 5.41) is 7.44. The molecule has 2 saturated carbocycles. The van der Waals surface area contributed by atoms with Crippen molar-refractivity contribution in [3.05, 3.63) is 29.0 Å². The highest BCUT2D eigenvalue weighted by Gasteiger charge is 2.41. The van der Waals surface area contributed by atoms with E-state index >= 15 is 0 Å². The Kier molecular flexibility index (Phi) is 7.40. The van der Waals surface area contributed by atoms with Crippen molar-refractivity contribution in [1.29, 1.82) is 0 Å². The molecule has 0 atom stereocenters. The molecular formula is C17H26ClIN4. The van der Waals surface area contributed by atoms with Crippen molar-refractivity contribution < 1.29 is 0 Å². The van der Waals surface area contributed by atoms with E-state index in [0.29, 0.717) is 5.15 Å². The maximum absolute atomic E-state index is 5.79. The van der Waals surface area contributed by atoms with Crippen LogP contribution in [0.15, 0.2) is 23.3 Å². The fraction of sp³-hybridized carbons (Fsp3) is 0.647. The molecule has 128 valence electrons. The normalized spacial score (nSPS) is 17.8. The maximum Gasteiger partial charge on any atom is 0.190 e. The Morgan fingerprint density at radius 2 is 1.96 bits per heavy atom. The third kappa shape index (κ3) is 6.10. The first kappa shape index (κ1) is 18.8. The Hall–Kier alpha value is -0.560. The molecule has 2 aliphatic rings. The zero-order chi connectivity index (χ0) is 15.4. The van der Waals surface area contributed by atoms with Gasteiger partial charge in [0.2, 0.25) is 0 Å². The van der Waals surface area contributed by atoms with Crippen LogP contribution < -0.4 is 10.6 Å². The van der Waals surface area contributed by atoms with Crippen molar-refractivity contribution in [2.75, 3.05) is 20.1 Å². The van der Waals surface area contributed by atoms with Crippen LogP contribution in [0.2, 0.25) is 5.15 Å². The molecule has 23 heavy (non-hydrogen) atoms. The molecule has 2 N–H and O–H groups in total. The Morgan fingerprint density at radius 3 is 2.48 bits per heavy atom. The van der Waals surface area contributed by atoms with Gasteiger partial charge in [-0.1, -0.05) is 17.7 Å². The van der Waals surface area contributed by atoms with Gasteiger partial charge in [0, 0.05) is 26.3 Å². The molecule has 1 aromatic heterocycles. The fourth-order valence-corrected chi connectivity index (χ4v) is 3.19. The van der Waals surface area contributed by atoms with Crippen molar-refractivity contribution in [3.8, 4) is 0 Å². The van der Waals surface area contributed by atoms with Crippen molar-refractivity contribution >= 4 is 41.5 Å². The Morgan fingerprint density at radius 1 is 1.26 bits per heavy atom. The van der Waals surface area contributed by atoms with E-state index < -0.39 is 0 Å². The minimum atomic E-state index is 0. The van der Waals surface area contributed by atoms with Crippen LogP contribution in [0.4, 0.5) is 0 Å². The van der Waals surface area contributed by atoms with Gasteiger partial charge < -0.3 is 10.6 Å². The molecule has 1 aromatic rings. The second kappa shape index (κ2) is 9.06. The van der Waals surface area contributed by atoms with Gasteiger partial charge in [-0.2, -0.15) is 0 Å². The topological polar surface area (TPSA) is 49.3 Å². The van der Waals surface area contributed by atoms with E-state index in [1.807, 2.05) is 25.4 Å². The minimum Gasteiger partial charge on any atom is -0.356 e. The molecule has 2 aliphatic carbocycles. The largest absolute Gasteiger partial charge is 0.356 e. The lowest BCUT2D eigenvalue weighted by Crippen LogP contribution is -2.41. The molecule has 0 saturated heterocycles. The zero-order valence-electron chi connectivity index (χ0n) is 13.6. The summed E-state index contributed by atoms with van der Waals surface area (Å²) < 4.78 is 0. The SMILES string of the molecule is CN=C(NCCc1ccc(Cl)nc1)NCC(C1CC1)C1CC1.I. The summed E-state index contributed by atoms with van der Waals surface area (Å²) in [5.41, 5.74) is 1.18. The zero-order valence-corrected chi connectivity index (χ0v) is 16.7. The number of guanidine groups is 1. The monoisotopic (exact) mass is 448 g/mol. The van der Waals surface area contributed by atoms with Crippen molar-refractivity contribution in [3.63, 3.8) is 0 Å².